The molecule has 0 aromatic heterocycles. The minimum absolute atomic E-state index is 0.0219. The highest BCUT2D eigenvalue weighted by Gasteiger charge is 2.13. The van der Waals surface area contributed by atoms with Gasteiger partial charge in [-0.1, -0.05) is 13.3 Å². The lowest BCUT2D eigenvalue weighted by Crippen LogP contribution is -2.16. The second-order valence-electron chi connectivity index (χ2n) is 3.77. The molecule has 0 unspecified atom stereocenters. The van der Waals surface area contributed by atoms with E-state index in [2.05, 4.69) is 4.72 Å². The maximum atomic E-state index is 13.3. The van der Waals surface area contributed by atoms with Crippen molar-refractivity contribution in [3.63, 3.8) is 0 Å². The van der Waals surface area contributed by atoms with Crippen LogP contribution >= 0.6 is 0 Å². The largest absolute Gasteiger partial charge is 0.478 e. The fraction of sp³-hybridized carbons (Fsp3) is 0.364. The van der Waals surface area contributed by atoms with Gasteiger partial charge in [-0.3, -0.25) is 4.72 Å². The van der Waals surface area contributed by atoms with Gasteiger partial charge in [-0.25, -0.2) is 17.6 Å². The number of unbranched alkanes of at least 4 members (excludes halogenated alkanes) is 1. The number of hydrogen-bond acceptors (Lipinski definition) is 3. The van der Waals surface area contributed by atoms with Crippen LogP contribution in [-0.2, 0) is 10.0 Å². The molecule has 5 nitrogen and oxygen atoms in total. The van der Waals surface area contributed by atoms with Crippen molar-refractivity contribution in [1.29, 1.82) is 0 Å². The van der Waals surface area contributed by atoms with E-state index < -0.39 is 27.4 Å². The molecule has 7 heteroatoms. The van der Waals surface area contributed by atoms with E-state index in [4.69, 9.17) is 5.11 Å². The van der Waals surface area contributed by atoms with Crippen molar-refractivity contribution in [2.45, 2.75) is 19.8 Å². The molecule has 100 valence electrons. The van der Waals surface area contributed by atoms with Crippen LogP contribution in [0.1, 0.15) is 30.1 Å². The van der Waals surface area contributed by atoms with E-state index in [1.54, 1.807) is 0 Å². The first-order valence-electron chi connectivity index (χ1n) is 5.39. The number of aromatic carboxylic acids is 1. The molecule has 0 aliphatic heterocycles. The Morgan fingerprint density at radius 2 is 2.11 bits per heavy atom. The average molecular weight is 275 g/mol. The van der Waals surface area contributed by atoms with Gasteiger partial charge in [0.05, 0.1) is 17.0 Å². The summed E-state index contributed by atoms with van der Waals surface area (Å²) in [5.74, 6) is -2.42. The van der Waals surface area contributed by atoms with Gasteiger partial charge in [-0.2, -0.15) is 0 Å². The summed E-state index contributed by atoms with van der Waals surface area (Å²) in [6.07, 6.45) is 1.23. The molecular weight excluding hydrogens is 261 g/mol. The Balaban J connectivity index is 2.87. The Morgan fingerprint density at radius 3 is 2.61 bits per heavy atom. The van der Waals surface area contributed by atoms with Gasteiger partial charge >= 0.3 is 5.97 Å². The number of sulfonamides is 1. The third kappa shape index (κ3) is 3.99. The monoisotopic (exact) mass is 275 g/mol. The van der Waals surface area contributed by atoms with Crippen LogP contribution in [0.2, 0.25) is 0 Å². The molecule has 0 saturated carbocycles. The van der Waals surface area contributed by atoms with Crippen molar-refractivity contribution in [2.24, 2.45) is 0 Å². The van der Waals surface area contributed by atoms with E-state index in [-0.39, 0.29) is 11.4 Å². The third-order valence-corrected chi connectivity index (χ3v) is 3.61. The molecule has 1 aromatic rings. The van der Waals surface area contributed by atoms with Crippen molar-refractivity contribution < 1.29 is 22.7 Å². The zero-order chi connectivity index (χ0) is 13.8. The van der Waals surface area contributed by atoms with Gasteiger partial charge in [0.1, 0.15) is 5.82 Å². The van der Waals surface area contributed by atoms with Crippen LogP contribution in [0.25, 0.3) is 0 Å². The zero-order valence-electron chi connectivity index (χ0n) is 9.81. The number of hydrogen-bond donors (Lipinski definition) is 2. The molecule has 0 bridgehead atoms. The van der Waals surface area contributed by atoms with E-state index in [0.717, 1.165) is 18.6 Å². The normalized spacial score (nSPS) is 11.2. The third-order valence-electron chi connectivity index (χ3n) is 2.24. The van der Waals surface area contributed by atoms with E-state index in [0.29, 0.717) is 6.42 Å². The molecule has 1 rings (SSSR count). The van der Waals surface area contributed by atoms with Gasteiger partial charge in [-0.15, -0.1) is 0 Å². The highest BCUT2D eigenvalue weighted by atomic mass is 32.2. The lowest BCUT2D eigenvalue weighted by Gasteiger charge is -2.08. The van der Waals surface area contributed by atoms with Crippen LogP contribution in [0.3, 0.4) is 0 Å². The summed E-state index contributed by atoms with van der Waals surface area (Å²) < 4.78 is 38.6. The zero-order valence-corrected chi connectivity index (χ0v) is 10.6. The number of carboxylic acid groups (broad SMARTS) is 1. The summed E-state index contributed by atoms with van der Waals surface area (Å²) in [6, 6.07) is 3.10. The molecule has 0 fully saturated rings. The topological polar surface area (TPSA) is 83.5 Å². The fourth-order valence-corrected chi connectivity index (χ4v) is 2.57. The smallest absolute Gasteiger partial charge is 0.338 e. The van der Waals surface area contributed by atoms with E-state index in [1.165, 1.54) is 6.07 Å². The molecule has 0 amide bonds. The predicted molar refractivity (Wildman–Crippen MR) is 65.7 cm³/mol. The molecule has 0 aliphatic rings. The number of benzene rings is 1. The quantitative estimate of drug-likeness (QED) is 0.832. The molecule has 0 radical (unpaired) electrons. The van der Waals surface area contributed by atoms with Crippen LogP contribution in [0.15, 0.2) is 18.2 Å². The molecule has 0 spiro atoms. The first-order chi connectivity index (χ1) is 8.35. The van der Waals surface area contributed by atoms with Crippen LogP contribution < -0.4 is 4.72 Å². The lowest BCUT2D eigenvalue weighted by molar-refractivity contribution is 0.0692. The number of carboxylic acids is 1. The maximum absolute atomic E-state index is 13.3. The van der Waals surface area contributed by atoms with Gasteiger partial charge in [-0.05, 0) is 24.6 Å². The summed E-state index contributed by atoms with van der Waals surface area (Å²) in [5, 5.41) is 8.63. The molecule has 1 aromatic carbocycles. The molecule has 18 heavy (non-hydrogen) atoms. The molecule has 2 N–H and O–H groups in total. The van der Waals surface area contributed by atoms with Gasteiger partial charge in [0.15, 0.2) is 0 Å². The summed E-state index contributed by atoms with van der Waals surface area (Å²) in [4.78, 5) is 10.6. The van der Waals surface area contributed by atoms with Gasteiger partial charge in [0, 0.05) is 0 Å². The number of anilines is 1. The summed E-state index contributed by atoms with van der Waals surface area (Å²) in [7, 11) is -3.51. The number of halogens is 1. The molecule has 0 aliphatic carbocycles. The van der Waals surface area contributed by atoms with E-state index in [1.807, 2.05) is 6.92 Å². The number of carbonyl (C=O) groups is 1. The molecular formula is C11H14FNO4S. The SMILES string of the molecule is CCCCS(=O)(=O)Nc1ccc(C(=O)O)c(F)c1. The Bertz CT molecular complexity index is 542. The summed E-state index contributed by atoms with van der Waals surface area (Å²) in [6.45, 7) is 1.86. The van der Waals surface area contributed by atoms with Crippen molar-refractivity contribution in [3.05, 3.63) is 29.6 Å². The van der Waals surface area contributed by atoms with Crippen LogP contribution in [0.5, 0.6) is 0 Å². The first kappa shape index (κ1) is 14.4. The van der Waals surface area contributed by atoms with Crippen molar-refractivity contribution in [1.82, 2.24) is 0 Å². The van der Waals surface area contributed by atoms with Gasteiger partial charge in [0.2, 0.25) is 10.0 Å². The van der Waals surface area contributed by atoms with Crippen molar-refractivity contribution in [2.75, 3.05) is 10.5 Å². The maximum Gasteiger partial charge on any atom is 0.338 e. The van der Waals surface area contributed by atoms with Gasteiger partial charge < -0.3 is 5.11 Å². The fourth-order valence-electron chi connectivity index (χ4n) is 1.32. The van der Waals surface area contributed by atoms with Crippen molar-refractivity contribution in [3.8, 4) is 0 Å². The Kier molecular flexibility index (Phi) is 4.66. The molecule has 0 heterocycles. The summed E-state index contributed by atoms with van der Waals surface area (Å²) >= 11 is 0. The molecule has 0 saturated heterocycles. The van der Waals surface area contributed by atoms with Crippen LogP contribution in [0.4, 0.5) is 10.1 Å². The Morgan fingerprint density at radius 1 is 1.44 bits per heavy atom. The Labute approximate surface area is 105 Å². The van der Waals surface area contributed by atoms with Gasteiger partial charge in [0.25, 0.3) is 0 Å². The average Bonchev–Trinajstić information content (AvgIpc) is 2.25. The number of nitrogens with one attached hydrogen (secondary N) is 1. The Hall–Kier alpha value is -1.63. The highest BCUT2D eigenvalue weighted by molar-refractivity contribution is 7.92. The summed E-state index contributed by atoms with van der Waals surface area (Å²) in [5.41, 5.74) is -0.472. The second-order valence-corrected chi connectivity index (χ2v) is 5.62. The second kappa shape index (κ2) is 5.81. The van der Waals surface area contributed by atoms with Crippen molar-refractivity contribution >= 4 is 21.7 Å². The predicted octanol–water partition coefficient (Wildman–Crippen LogP) is 2.07. The standard InChI is InChI=1S/C11H14FNO4S/c1-2-3-6-18(16,17)13-8-4-5-9(11(14)15)10(12)7-8/h4-5,7,13H,2-3,6H2,1H3,(H,14,15). The van der Waals surface area contributed by atoms with Crippen LogP contribution in [-0.4, -0.2) is 25.2 Å². The minimum atomic E-state index is -3.51. The lowest BCUT2D eigenvalue weighted by atomic mass is 10.2. The minimum Gasteiger partial charge on any atom is -0.478 e. The van der Waals surface area contributed by atoms with E-state index >= 15 is 0 Å². The first-order valence-corrected chi connectivity index (χ1v) is 7.04. The molecule has 0 atom stereocenters. The van der Waals surface area contributed by atoms with Crippen LogP contribution in [0, 0.1) is 5.82 Å². The highest BCUT2D eigenvalue weighted by Crippen LogP contribution is 2.16. The van der Waals surface area contributed by atoms with E-state index in [9.17, 15) is 17.6 Å². The number of rotatable bonds is 6.